The van der Waals surface area contributed by atoms with Gasteiger partial charge in [0.2, 0.25) is 0 Å². The number of benzene rings is 2. The minimum atomic E-state index is -0.639. The zero-order valence-corrected chi connectivity index (χ0v) is 14.6. The largest absolute Gasteiger partial charge is 0.496 e. The zero-order chi connectivity index (χ0) is 18.2. The van der Waals surface area contributed by atoms with Gasteiger partial charge in [-0.3, -0.25) is 4.79 Å². The van der Waals surface area contributed by atoms with Crippen molar-refractivity contribution in [3.05, 3.63) is 53.6 Å². The van der Waals surface area contributed by atoms with Crippen molar-refractivity contribution in [3.8, 4) is 11.8 Å². The van der Waals surface area contributed by atoms with Crippen LogP contribution in [0.15, 0.2) is 47.4 Å². The summed E-state index contributed by atoms with van der Waals surface area (Å²) in [6, 6.07) is 13.5. The molecule has 1 amide bonds. The molecule has 0 heterocycles. The second-order valence-electron chi connectivity index (χ2n) is 4.88. The van der Waals surface area contributed by atoms with E-state index in [-0.39, 0.29) is 5.56 Å². The number of hydrogen-bond donors (Lipinski definition) is 1. The fraction of sp³-hybridized carbons (Fsp3) is 0.167. The first-order valence-corrected chi connectivity index (χ1v) is 8.49. The Morgan fingerprint density at radius 1 is 1.20 bits per heavy atom. The number of thioether (sulfide) groups is 1. The molecule has 0 aromatic heterocycles. The molecule has 1 N–H and O–H groups in total. The fourth-order valence-corrected chi connectivity index (χ4v) is 2.43. The summed E-state index contributed by atoms with van der Waals surface area (Å²) in [4.78, 5) is 25.0. The maximum atomic E-state index is 12.1. The molecule has 2 rings (SSSR count). The van der Waals surface area contributed by atoms with Crippen LogP contribution in [0.1, 0.15) is 15.9 Å². The van der Waals surface area contributed by atoms with E-state index in [0.717, 1.165) is 4.90 Å². The van der Waals surface area contributed by atoms with Gasteiger partial charge in [-0.05, 0) is 48.7 Å². The van der Waals surface area contributed by atoms with Gasteiger partial charge in [-0.1, -0.05) is 0 Å². The Morgan fingerprint density at radius 2 is 1.92 bits per heavy atom. The van der Waals surface area contributed by atoms with Gasteiger partial charge in [-0.2, -0.15) is 5.26 Å². The van der Waals surface area contributed by atoms with Crippen molar-refractivity contribution in [2.24, 2.45) is 0 Å². The molecular formula is C18H16N2O4S. The topological polar surface area (TPSA) is 88.4 Å². The van der Waals surface area contributed by atoms with Crippen LogP contribution in [0.25, 0.3) is 0 Å². The highest BCUT2D eigenvalue weighted by atomic mass is 32.2. The van der Waals surface area contributed by atoms with Gasteiger partial charge in [0.25, 0.3) is 5.91 Å². The summed E-state index contributed by atoms with van der Waals surface area (Å²) in [7, 11) is 1.47. The molecule has 25 heavy (non-hydrogen) atoms. The Balaban J connectivity index is 1.95. The molecule has 0 aliphatic rings. The summed E-state index contributed by atoms with van der Waals surface area (Å²) in [6.07, 6.45) is 1.92. The van der Waals surface area contributed by atoms with Crippen LogP contribution >= 0.6 is 11.8 Å². The molecule has 0 aliphatic carbocycles. The second kappa shape index (κ2) is 8.76. The number of carbonyl (C=O) groups excluding carboxylic acids is 2. The van der Waals surface area contributed by atoms with E-state index in [2.05, 4.69) is 5.32 Å². The second-order valence-corrected chi connectivity index (χ2v) is 5.76. The molecular weight excluding hydrogens is 340 g/mol. The van der Waals surface area contributed by atoms with E-state index in [0.29, 0.717) is 17.0 Å². The molecule has 0 aliphatic heterocycles. The predicted molar refractivity (Wildman–Crippen MR) is 94.8 cm³/mol. The average Bonchev–Trinajstić information content (AvgIpc) is 2.66. The summed E-state index contributed by atoms with van der Waals surface area (Å²) in [6.45, 7) is -0.424. The van der Waals surface area contributed by atoms with Crippen molar-refractivity contribution in [1.29, 1.82) is 5.26 Å². The van der Waals surface area contributed by atoms with Crippen LogP contribution in [-0.4, -0.2) is 31.8 Å². The van der Waals surface area contributed by atoms with Crippen molar-refractivity contribution in [3.63, 3.8) is 0 Å². The number of amides is 1. The summed E-state index contributed by atoms with van der Waals surface area (Å²) >= 11 is 1.52. The van der Waals surface area contributed by atoms with Crippen LogP contribution in [0.2, 0.25) is 0 Å². The van der Waals surface area contributed by atoms with Crippen LogP contribution in [-0.2, 0) is 9.53 Å². The maximum absolute atomic E-state index is 12.1. The lowest BCUT2D eigenvalue weighted by Gasteiger charge is -2.10. The summed E-state index contributed by atoms with van der Waals surface area (Å²) in [5.41, 5.74) is 1.26. The van der Waals surface area contributed by atoms with Gasteiger partial charge in [0, 0.05) is 10.6 Å². The molecule has 0 unspecified atom stereocenters. The van der Waals surface area contributed by atoms with Gasteiger partial charge in [-0.15, -0.1) is 11.8 Å². The number of rotatable bonds is 6. The smallest absolute Gasteiger partial charge is 0.342 e. The Morgan fingerprint density at radius 3 is 2.52 bits per heavy atom. The van der Waals surface area contributed by atoms with Crippen molar-refractivity contribution in [2.45, 2.75) is 4.90 Å². The van der Waals surface area contributed by atoms with Crippen LogP contribution in [0.4, 0.5) is 5.69 Å². The number of esters is 1. The number of nitriles is 1. The maximum Gasteiger partial charge on any atom is 0.342 e. The molecule has 0 saturated carbocycles. The third-order valence-corrected chi connectivity index (χ3v) is 3.99. The molecule has 2 aromatic rings. The van der Waals surface area contributed by atoms with E-state index in [4.69, 9.17) is 14.7 Å². The van der Waals surface area contributed by atoms with Gasteiger partial charge in [0.1, 0.15) is 11.3 Å². The molecule has 128 valence electrons. The van der Waals surface area contributed by atoms with E-state index in [9.17, 15) is 9.59 Å². The van der Waals surface area contributed by atoms with Crippen molar-refractivity contribution < 1.29 is 19.1 Å². The molecule has 0 saturated heterocycles. The first-order chi connectivity index (χ1) is 12.1. The van der Waals surface area contributed by atoms with E-state index in [1.54, 1.807) is 42.5 Å². The number of ether oxygens (including phenoxy) is 2. The Kier molecular flexibility index (Phi) is 6.43. The van der Waals surface area contributed by atoms with Crippen LogP contribution in [0, 0.1) is 11.3 Å². The molecule has 0 fully saturated rings. The number of nitrogens with one attached hydrogen (secondary N) is 1. The number of anilines is 1. The van der Waals surface area contributed by atoms with E-state index >= 15 is 0 Å². The Hall–Kier alpha value is -2.98. The molecule has 7 heteroatoms. The summed E-state index contributed by atoms with van der Waals surface area (Å²) in [5.74, 6) is -0.721. The monoisotopic (exact) mass is 356 g/mol. The van der Waals surface area contributed by atoms with E-state index in [1.165, 1.54) is 18.9 Å². The van der Waals surface area contributed by atoms with Crippen LogP contribution in [0.3, 0.4) is 0 Å². The number of nitrogens with zero attached hydrogens (tertiary/aromatic N) is 1. The molecule has 2 aromatic carbocycles. The van der Waals surface area contributed by atoms with E-state index < -0.39 is 18.5 Å². The molecule has 0 bridgehead atoms. The number of carbonyl (C=O) groups is 2. The number of methoxy groups -OCH3 is 1. The minimum absolute atomic E-state index is 0.256. The third-order valence-electron chi connectivity index (χ3n) is 3.26. The minimum Gasteiger partial charge on any atom is -0.496 e. The Bertz CT molecular complexity index is 813. The van der Waals surface area contributed by atoms with Crippen molar-refractivity contribution in [1.82, 2.24) is 0 Å². The normalized spacial score (nSPS) is 9.80. The lowest BCUT2D eigenvalue weighted by molar-refractivity contribution is -0.119. The lowest BCUT2D eigenvalue weighted by Crippen LogP contribution is -2.21. The highest BCUT2D eigenvalue weighted by molar-refractivity contribution is 7.98. The van der Waals surface area contributed by atoms with Gasteiger partial charge < -0.3 is 14.8 Å². The van der Waals surface area contributed by atoms with Gasteiger partial charge in [0.05, 0.1) is 18.7 Å². The SMILES string of the molecule is COc1cc(SC)ccc1C(=O)OCC(=O)Nc1ccc(C#N)cc1. The highest BCUT2D eigenvalue weighted by Gasteiger charge is 2.16. The van der Waals surface area contributed by atoms with Crippen LogP contribution < -0.4 is 10.1 Å². The summed E-state index contributed by atoms with van der Waals surface area (Å²) < 4.78 is 10.2. The zero-order valence-electron chi connectivity index (χ0n) is 13.7. The van der Waals surface area contributed by atoms with Gasteiger partial charge >= 0.3 is 5.97 Å². The van der Waals surface area contributed by atoms with Gasteiger partial charge in [-0.25, -0.2) is 4.79 Å². The number of hydrogen-bond acceptors (Lipinski definition) is 6. The van der Waals surface area contributed by atoms with E-state index in [1.807, 2.05) is 12.3 Å². The predicted octanol–water partition coefficient (Wildman–Crippen LogP) is 3.08. The van der Waals surface area contributed by atoms with Crippen LogP contribution in [0.5, 0.6) is 5.75 Å². The fourth-order valence-electron chi connectivity index (χ4n) is 2.00. The Labute approximate surface area is 149 Å². The molecule has 0 spiro atoms. The average molecular weight is 356 g/mol. The summed E-state index contributed by atoms with van der Waals surface area (Å²) in [5, 5.41) is 11.3. The first-order valence-electron chi connectivity index (χ1n) is 7.26. The molecule has 0 atom stereocenters. The first kappa shape index (κ1) is 18.4. The standard InChI is InChI=1S/C18H16N2O4S/c1-23-16-9-14(25-2)7-8-15(16)18(22)24-11-17(21)20-13-5-3-12(10-19)4-6-13/h3-9H,11H2,1-2H3,(H,20,21). The van der Waals surface area contributed by atoms with Crippen molar-refractivity contribution in [2.75, 3.05) is 25.3 Å². The van der Waals surface area contributed by atoms with Crippen molar-refractivity contribution >= 4 is 29.3 Å². The highest BCUT2D eigenvalue weighted by Crippen LogP contribution is 2.25. The van der Waals surface area contributed by atoms with Gasteiger partial charge in [0.15, 0.2) is 6.61 Å². The quantitative estimate of drug-likeness (QED) is 0.632. The third kappa shape index (κ3) is 4.99. The molecule has 0 radical (unpaired) electrons. The molecule has 6 nitrogen and oxygen atoms in total. The lowest BCUT2D eigenvalue weighted by atomic mass is 10.2.